The van der Waals surface area contributed by atoms with Gasteiger partial charge in [-0.3, -0.25) is 14.5 Å². The van der Waals surface area contributed by atoms with Crippen molar-refractivity contribution in [3.8, 4) is 22.8 Å². The molecular weight excluding hydrogens is 425 g/mol. The van der Waals surface area contributed by atoms with Crippen LogP contribution in [-0.2, 0) is 18.3 Å². The summed E-state index contributed by atoms with van der Waals surface area (Å²) < 4.78 is 48.7. The van der Waals surface area contributed by atoms with Crippen LogP contribution in [0.3, 0.4) is 0 Å². The van der Waals surface area contributed by atoms with Crippen LogP contribution in [-0.4, -0.2) is 66.7 Å². The molecule has 0 amide bonds. The molecule has 1 N–H and O–H groups in total. The standard InChI is InChI=1S/C20H21F3N8O/c1-12-10-32-8-7-30(12)16-9-14(15-4-6-25-29(15)2)26-18-17(13-3-5-24-27-13)28-31(19(16)18)11-20(21,22)23/h3-6,9,12H,7-8,10-11H2,1-2H3,(H,24,27). The van der Waals surface area contributed by atoms with E-state index in [0.29, 0.717) is 53.6 Å². The number of H-pyrrole nitrogens is 1. The molecule has 0 saturated carbocycles. The third-order valence-corrected chi connectivity index (χ3v) is 5.52. The van der Waals surface area contributed by atoms with E-state index in [2.05, 4.69) is 25.3 Å². The molecule has 0 aromatic carbocycles. The van der Waals surface area contributed by atoms with Crippen LogP contribution in [0, 0.1) is 0 Å². The number of alkyl halides is 3. The lowest BCUT2D eigenvalue weighted by molar-refractivity contribution is -0.141. The molecule has 0 aliphatic carbocycles. The Bertz CT molecular complexity index is 1240. The van der Waals surface area contributed by atoms with E-state index in [-0.39, 0.29) is 6.04 Å². The van der Waals surface area contributed by atoms with E-state index in [4.69, 9.17) is 9.72 Å². The van der Waals surface area contributed by atoms with Crippen molar-refractivity contribution in [2.45, 2.75) is 25.7 Å². The molecule has 1 aliphatic heterocycles. The Kier molecular flexibility index (Phi) is 4.88. The fraction of sp³-hybridized carbons (Fsp3) is 0.400. The lowest BCUT2D eigenvalue weighted by Gasteiger charge is -2.35. The summed E-state index contributed by atoms with van der Waals surface area (Å²) in [6, 6.07) is 5.26. The smallest absolute Gasteiger partial charge is 0.377 e. The number of fused-ring (bicyclic) bond motifs is 1. The largest absolute Gasteiger partial charge is 0.408 e. The Morgan fingerprint density at radius 3 is 2.75 bits per heavy atom. The van der Waals surface area contributed by atoms with Crippen LogP contribution in [0.2, 0.25) is 0 Å². The molecule has 1 unspecified atom stereocenters. The summed E-state index contributed by atoms with van der Waals surface area (Å²) in [6.45, 7) is 2.26. The fourth-order valence-electron chi connectivity index (χ4n) is 4.08. The molecule has 5 heterocycles. The number of ether oxygens (including phenoxy) is 1. The Balaban J connectivity index is 1.82. The minimum atomic E-state index is -4.45. The predicted octanol–water partition coefficient (Wildman–Crippen LogP) is 3.01. The lowest BCUT2D eigenvalue weighted by atomic mass is 10.1. The highest BCUT2D eigenvalue weighted by Gasteiger charge is 2.33. The minimum Gasteiger partial charge on any atom is -0.377 e. The van der Waals surface area contributed by atoms with Crippen molar-refractivity contribution in [1.82, 2.24) is 34.7 Å². The van der Waals surface area contributed by atoms with Crippen LogP contribution in [0.5, 0.6) is 0 Å². The highest BCUT2D eigenvalue weighted by Crippen LogP contribution is 2.37. The summed E-state index contributed by atoms with van der Waals surface area (Å²) >= 11 is 0. The van der Waals surface area contributed by atoms with E-state index >= 15 is 0 Å². The first kappa shape index (κ1) is 20.5. The van der Waals surface area contributed by atoms with Gasteiger partial charge in [-0.25, -0.2) is 4.98 Å². The van der Waals surface area contributed by atoms with Gasteiger partial charge in [0.1, 0.15) is 23.3 Å². The summed E-state index contributed by atoms with van der Waals surface area (Å²) in [6.07, 6.45) is -1.26. The average Bonchev–Trinajstić information content (AvgIpc) is 3.47. The highest BCUT2D eigenvalue weighted by atomic mass is 19.4. The maximum Gasteiger partial charge on any atom is 0.408 e. The minimum absolute atomic E-state index is 0.0291. The Labute approximate surface area is 180 Å². The molecule has 1 atom stereocenters. The van der Waals surface area contributed by atoms with Gasteiger partial charge in [0, 0.05) is 32.0 Å². The van der Waals surface area contributed by atoms with Gasteiger partial charge in [0.2, 0.25) is 0 Å². The van der Waals surface area contributed by atoms with Gasteiger partial charge < -0.3 is 9.64 Å². The third-order valence-electron chi connectivity index (χ3n) is 5.52. The molecule has 4 aromatic rings. The molecule has 1 saturated heterocycles. The Morgan fingerprint density at radius 1 is 1.25 bits per heavy atom. The fourth-order valence-corrected chi connectivity index (χ4v) is 4.08. The monoisotopic (exact) mass is 446 g/mol. The topological polar surface area (TPSA) is 89.7 Å². The van der Waals surface area contributed by atoms with Crippen molar-refractivity contribution in [2.75, 3.05) is 24.7 Å². The zero-order valence-electron chi connectivity index (χ0n) is 17.5. The number of morpholine rings is 1. The predicted molar refractivity (Wildman–Crippen MR) is 111 cm³/mol. The van der Waals surface area contributed by atoms with E-state index in [1.807, 2.05) is 19.1 Å². The van der Waals surface area contributed by atoms with Crippen LogP contribution in [0.1, 0.15) is 6.92 Å². The van der Waals surface area contributed by atoms with Gasteiger partial charge >= 0.3 is 6.18 Å². The first-order chi connectivity index (χ1) is 15.3. The van der Waals surface area contributed by atoms with Gasteiger partial charge in [-0.2, -0.15) is 28.5 Å². The number of rotatable bonds is 4. The molecule has 5 rings (SSSR count). The molecule has 1 aliphatic rings. The number of aryl methyl sites for hydroxylation is 1. The van der Waals surface area contributed by atoms with Crippen molar-refractivity contribution in [3.05, 3.63) is 30.6 Å². The number of anilines is 1. The van der Waals surface area contributed by atoms with Gasteiger partial charge in [0.05, 0.1) is 36.0 Å². The second-order valence-corrected chi connectivity index (χ2v) is 7.77. The van der Waals surface area contributed by atoms with Gasteiger partial charge in [-0.1, -0.05) is 0 Å². The van der Waals surface area contributed by atoms with E-state index in [1.165, 1.54) is 6.20 Å². The zero-order valence-corrected chi connectivity index (χ0v) is 17.5. The highest BCUT2D eigenvalue weighted by molar-refractivity contribution is 5.99. The number of nitrogens with one attached hydrogen (secondary N) is 1. The molecule has 4 aromatic heterocycles. The molecule has 32 heavy (non-hydrogen) atoms. The van der Waals surface area contributed by atoms with Gasteiger partial charge in [0.25, 0.3) is 0 Å². The lowest BCUT2D eigenvalue weighted by Crippen LogP contribution is -2.44. The first-order valence-electron chi connectivity index (χ1n) is 10.1. The summed E-state index contributed by atoms with van der Waals surface area (Å²) in [4.78, 5) is 6.80. The molecular formula is C20H21F3N8O. The number of nitrogens with zero attached hydrogens (tertiary/aromatic N) is 7. The van der Waals surface area contributed by atoms with E-state index in [1.54, 1.807) is 24.0 Å². The molecule has 0 bridgehead atoms. The molecule has 9 nitrogen and oxygen atoms in total. The van der Waals surface area contributed by atoms with Crippen LogP contribution in [0.4, 0.5) is 18.9 Å². The van der Waals surface area contributed by atoms with Crippen LogP contribution >= 0.6 is 0 Å². The van der Waals surface area contributed by atoms with Crippen molar-refractivity contribution < 1.29 is 17.9 Å². The van der Waals surface area contributed by atoms with Gasteiger partial charge in [-0.05, 0) is 25.1 Å². The molecule has 0 spiro atoms. The van der Waals surface area contributed by atoms with Gasteiger partial charge in [0.15, 0.2) is 0 Å². The second-order valence-electron chi connectivity index (χ2n) is 7.77. The molecule has 0 radical (unpaired) electrons. The Hall–Kier alpha value is -3.41. The second kappa shape index (κ2) is 7.62. The van der Waals surface area contributed by atoms with Gasteiger partial charge in [-0.15, -0.1) is 0 Å². The van der Waals surface area contributed by atoms with Crippen molar-refractivity contribution in [3.63, 3.8) is 0 Å². The number of hydrogen-bond acceptors (Lipinski definition) is 6. The van der Waals surface area contributed by atoms with Crippen molar-refractivity contribution in [2.24, 2.45) is 7.05 Å². The van der Waals surface area contributed by atoms with E-state index in [9.17, 15) is 13.2 Å². The number of aromatic amines is 1. The first-order valence-corrected chi connectivity index (χ1v) is 10.1. The van der Waals surface area contributed by atoms with Crippen LogP contribution < -0.4 is 4.90 Å². The SMILES string of the molecule is CC1COCCN1c1cc(-c2ccnn2C)nc2c(-c3ccn[nH]3)nn(CC(F)(F)F)c12. The van der Waals surface area contributed by atoms with Crippen LogP contribution in [0.15, 0.2) is 30.6 Å². The summed E-state index contributed by atoms with van der Waals surface area (Å²) in [5.41, 5.74) is 3.47. The maximum atomic E-state index is 13.5. The van der Waals surface area contributed by atoms with E-state index in [0.717, 1.165) is 10.4 Å². The number of aromatic nitrogens is 7. The summed E-state index contributed by atoms with van der Waals surface area (Å²) in [7, 11) is 1.79. The molecule has 168 valence electrons. The quantitative estimate of drug-likeness (QED) is 0.518. The number of pyridine rings is 1. The number of halogens is 3. The van der Waals surface area contributed by atoms with Crippen molar-refractivity contribution >= 4 is 16.7 Å². The maximum absolute atomic E-state index is 13.5. The normalized spacial score (nSPS) is 17.4. The average molecular weight is 446 g/mol. The van der Waals surface area contributed by atoms with Crippen molar-refractivity contribution in [1.29, 1.82) is 0 Å². The summed E-state index contributed by atoms with van der Waals surface area (Å²) in [5, 5.41) is 15.3. The zero-order chi connectivity index (χ0) is 22.5. The Morgan fingerprint density at radius 2 is 2.09 bits per heavy atom. The summed E-state index contributed by atoms with van der Waals surface area (Å²) in [5.74, 6) is 0. The number of hydrogen-bond donors (Lipinski definition) is 1. The van der Waals surface area contributed by atoms with E-state index < -0.39 is 12.7 Å². The van der Waals surface area contributed by atoms with Crippen LogP contribution in [0.25, 0.3) is 33.8 Å². The third kappa shape index (κ3) is 3.60. The molecule has 1 fully saturated rings. The molecule has 12 heteroatoms.